The highest BCUT2D eigenvalue weighted by Crippen LogP contribution is 2.15. The zero-order valence-corrected chi connectivity index (χ0v) is 7.86. The predicted octanol–water partition coefficient (Wildman–Crippen LogP) is 2.92. The Morgan fingerprint density at radius 3 is 2.36 bits per heavy atom. The van der Waals surface area contributed by atoms with Gasteiger partial charge in [-0.25, -0.2) is 4.39 Å². The zero-order valence-electron chi connectivity index (χ0n) is 7.86. The van der Waals surface area contributed by atoms with E-state index in [9.17, 15) is 4.39 Å². The maximum absolute atomic E-state index is 12.5. The van der Waals surface area contributed by atoms with Gasteiger partial charge in [0.05, 0.1) is 5.69 Å². The van der Waals surface area contributed by atoms with Gasteiger partial charge in [-0.05, 0) is 37.1 Å². The monoisotopic (exact) mass is 193 g/mol. The fourth-order valence-electron chi connectivity index (χ4n) is 1.41. The number of rotatable bonds is 2. The highest BCUT2D eigenvalue weighted by molar-refractivity contribution is 5.35. The van der Waals surface area contributed by atoms with Gasteiger partial charge < -0.3 is 0 Å². The van der Waals surface area contributed by atoms with E-state index in [1.165, 1.54) is 25.0 Å². The summed E-state index contributed by atoms with van der Waals surface area (Å²) in [5.74, 6) is -0.245. The molecule has 0 unspecified atom stereocenters. The van der Waals surface area contributed by atoms with Gasteiger partial charge in [-0.2, -0.15) is 0 Å². The molecule has 0 bridgehead atoms. The van der Waals surface area contributed by atoms with Crippen molar-refractivity contribution in [3.63, 3.8) is 0 Å². The van der Waals surface area contributed by atoms with Crippen molar-refractivity contribution in [3.8, 4) is 0 Å². The van der Waals surface area contributed by atoms with Crippen LogP contribution in [0, 0.1) is 5.82 Å². The molecule has 0 spiro atoms. The summed E-state index contributed by atoms with van der Waals surface area (Å²) in [6.07, 6.45) is 2.37. The molecule has 0 saturated carbocycles. The Morgan fingerprint density at radius 1 is 1.07 bits per heavy atom. The number of hydrogen-bond donors (Lipinski definition) is 0. The minimum absolute atomic E-state index is 0.245. The van der Waals surface area contributed by atoms with Gasteiger partial charge in [-0.1, -0.05) is 5.22 Å². The number of benzene rings is 1. The first-order valence-corrected chi connectivity index (χ1v) is 4.77. The van der Waals surface area contributed by atoms with Crippen LogP contribution in [0.2, 0.25) is 0 Å². The van der Waals surface area contributed by atoms with Crippen LogP contribution >= 0.6 is 0 Å². The van der Waals surface area contributed by atoms with Crippen molar-refractivity contribution < 1.29 is 4.39 Å². The normalized spacial score (nSPS) is 16.8. The number of hydrogen-bond acceptors (Lipinski definition) is 2. The lowest BCUT2D eigenvalue weighted by molar-refractivity contribution is 0.336. The molecule has 1 fully saturated rings. The van der Waals surface area contributed by atoms with Crippen molar-refractivity contribution in [1.82, 2.24) is 5.01 Å². The maximum atomic E-state index is 12.5. The minimum Gasteiger partial charge on any atom is -0.278 e. The SMILES string of the molecule is Fc1ccc(/N=N/N2CCCC2)cc1. The molecule has 14 heavy (non-hydrogen) atoms. The van der Waals surface area contributed by atoms with Crippen LogP contribution in [0.25, 0.3) is 0 Å². The van der Waals surface area contributed by atoms with E-state index in [4.69, 9.17) is 0 Å². The van der Waals surface area contributed by atoms with E-state index < -0.39 is 0 Å². The Morgan fingerprint density at radius 2 is 1.71 bits per heavy atom. The summed E-state index contributed by atoms with van der Waals surface area (Å²) in [5.41, 5.74) is 0.693. The van der Waals surface area contributed by atoms with Gasteiger partial charge >= 0.3 is 0 Å². The van der Waals surface area contributed by atoms with Gasteiger partial charge in [-0.3, -0.25) is 5.01 Å². The molecule has 0 atom stereocenters. The van der Waals surface area contributed by atoms with Gasteiger partial charge in [0.15, 0.2) is 0 Å². The van der Waals surface area contributed by atoms with Crippen LogP contribution < -0.4 is 0 Å². The first kappa shape index (κ1) is 9.12. The lowest BCUT2D eigenvalue weighted by Crippen LogP contribution is -2.09. The highest BCUT2D eigenvalue weighted by atomic mass is 19.1. The highest BCUT2D eigenvalue weighted by Gasteiger charge is 2.08. The Kier molecular flexibility index (Phi) is 2.72. The second-order valence-electron chi connectivity index (χ2n) is 3.33. The van der Waals surface area contributed by atoms with E-state index in [0.29, 0.717) is 5.69 Å². The largest absolute Gasteiger partial charge is 0.278 e. The first-order valence-electron chi connectivity index (χ1n) is 4.77. The fourth-order valence-corrected chi connectivity index (χ4v) is 1.41. The maximum Gasteiger partial charge on any atom is 0.123 e. The zero-order chi connectivity index (χ0) is 9.80. The third-order valence-electron chi connectivity index (χ3n) is 2.20. The minimum atomic E-state index is -0.245. The van der Waals surface area contributed by atoms with Gasteiger partial charge in [0.1, 0.15) is 5.82 Å². The molecule has 1 saturated heterocycles. The van der Waals surface area contributed by atoms with Crippen LogP contribution in [0.1, 0.15) is 12.8 Å². The first-order chi connectivity index (χ1) is 6.84. The van der Waals surface area contributed by atoms with Crippen molar-refractivity contribution in [1.29, 1.82) is 0 Å². The second kappa shape index (κ2) is 4.17. The molecule has 1 heterocycles. The summed E-state index contributed by atoms with van der Waals surface area (Å²) in [6.45, 7) is 1.95. The second-order valence-corrected chi connectivity index (χ2v) is 3.33. The Labute approximate surface area is 82.2 Å². The molecule has 1 aliphatic heterocycles. The van der Waals surface area contributed by atoms with Crippen molar-refractivity contribution in [3.05, 3.63) is 30.1 Å². The standard InChI is InChI=1S/C10H12FN3/c11-9-3-5-10(6-4-9)12-13-14-7-1-2-8-14/h3-6H,1-2,7-8H2/b13-12+. The van der Waals surface area contributed by atoms with Crippen LogP contribution in [0.5, 0.6) is 0 Å². The summed E-state index contributed by atoms with van der Waals surface area (Å²) in [4.78, 5) is 0. The molecule has 4 heteroatoms. The van der Waals surface area contributed by atoms with Crippen LogP contribution in [0.4, 0.5) is 10.1 Å². The Hall–Kier alpha value is -1.45. The average Bonchev–Trinajstić information content (AvgIpc) is 2.70. The van der Waals surface area contributed by atoms with E-state index in [2.05, 4.69) is 10.3 Å². The smallest absolute Gasteiger partial charge is 0.123 e. The summed E-state index contributed by atoms with van der Waals surface area (Å²) >= 11 is 0. The Bertz CT molecular complexity index is 315. The van der Waals surface area contributed by atoms with Crippen LogP contribution in [-0.2, 0) is 0 Å². The third-order valence-corrected chi connectivity index (χ3v) is 2.20. The van der Waals surface area contributed by atoms with Gasteiger partial charge in [0.25, 0.3) is 0 Å². The summed E-state index contributed by atoms with van der Waals surface area (Å²) in [6, 6.07) is 6.01. The quantitative estimate of drug-likeness (QED) is 0.663. The van der Waals surface area contributed by atoms with E-state index in [0.717, 1.165) is 13.1 Å². The topological polar surface area (TPSA) is 28.0 Å². The summed E-state index contributed by atoms with van der Waals surface area (Å²) in [7, 11) is 0. The van der Waals surface area contributed by atoms with E-state index in [-0.39, 0.29) is 5.82 Å². The molecule has 0 N–H and O–H groups in total. The van der Waals surface area contributed by atoms with Crippen LogP contribution in [-0.4, -0.2) is 18.1 Å². The van der Waals surface area contributed by atoms with E-state index >= 15 is 0 Å². The molecule has 0 aliphatic carbocycles. The Balaban J connectivity index is 1.99. The molecule has 1 aliphatic rings. The molecule has 74 valence electrons. The van der Waals surface area contributed by atoms with Crippen molar-refractivity contribution in [2.75, 3.05) is 13.1 Å². The van der Waals surface area contributed by atoms with Gasteiger partial charge in [-0.15, -0.1) is 5.11 Å². The summed E-state index contributed by atoms with van der Waals surface area (Å²) in [5, 5.41) is 10.0. The van der Waals surface area contributed by atoms with Crippen molar-refractivity contribution in [2.24, 2.45) is 10.3 Å². The fraction of sp³-hybridized carbons (Fsp3) is 0.400. The van der Waals surface area contributed by atoms with E-state index in [1.54, 1.807) is 12.1 Å². The third kappa shape index (κ3) is 2.28. The predicted molar refractivity (Wildman–Crippen MR) is 51.7 cm³/mol. The average molecular weight is 193 g/mol. The molecule has 3 nitrogen and oxygen atoms in total. The number of halogens is 1. The summed E-state index contributed by atoms with van der Waals surface area (Å²) < 4.78 is 12.5. The molecule has 0 radical (unpaired) electrons. The molecule has 0 aromatic heterocycles. The van der Waals surface area contributed by atoms with Gasteiger partial charge in [0, 0.05) is 13.1 Å². The molecule has 1 aromatic rings. The van der Waals surface area contributed by atoms with Crippen LogP contribution in [0.3, 0.4) is 0 Å². The van der Waals surface area contributed by atoms with E-state index in [1.807, 2.05) is 5.01 Å². The van der Waals surface area contributed by atoms with Gasteiger partial charge in [0.2, 0.25) is 0 Å². The number of nitrogens with zero attached hydrogens (tertiary/aromatic N) is 3. The molecule has 1 aromatic carbocycles. The molecular formula is C10H12FN3. The van der Waals surface area contributed by atoms with Crippen LogP contribution in [0.15, 0.2) is 34.6 Å². The molecular weight excluding hydrogens is 181 g/mol. The molecule has 2 rings (SSSR count). The van der Waals surface area contributed by atoms with Crippen molar-refractivity contribution >= 4 is 5.69 Å². The lowest BCUT2D eigenvalue weighted by atomic mass is 10.3. The van der Waals surface area contributed by atoms with Crippen molar-refractivity contribution in [2.45, 2.75) is 12.8 Å². The lowest BCUT2D eigenvalue weighted by Gasteiger charge is -2.06. The molecule has 0 amide bonds.